The van der Waals surface area contributed by atoms with Crippen LogP contribution in [0, 0.1) is 11.2 Å². The number of urea groups is 1. The molecular weight excluding hydrogens is 325 g/mol. The minimum Gasteiger partial charge on any atom is -0.485 e. The van der Waals surface area contributed by atoms with Gasteiger partial charge in [-0.05, 0) is 25.0 Å². The summed E-state index contributed by atoms with van der Waals surface area (Å²) in [4.78, 5) is 13.9. The summed E-state index contributed by atoms with van der Waals surface area (Å²) in [6.07, 6.45) is -1.14. The number of hydrogen-bond donors (Lipinski definition) is 2. The summed E-state index contributed by atoms with van der Waals surface area (Å²) in [5.74, 6) is -0.798. The SMILES string of the molecule is CC1(CO)CCCN(C(=O)Nc2ccc(F)cc2OCC(F)F)C1. The molecular formula is C16H21F3N2O3. The third-order valence-electron chi connectivity index (χ3n) is 4.00. The van der Waals surface area contributed by atoms with Gasteiger partial charge in [-0.25, -0.2) is 18.0 Å². The molecule has 1 aliphatic heterocycles. The van der Waals surface area contributed by atoms with Gasteiger partial charge >= 0.3 is 6.03 Å². The van der Waals surface area contributed by atoms with Gasteiger partial charge in [-0.3, -0.25) is 0 Å². The van der Waals surface area contributed by atoms with E-state index in [1.54, 1.807) is 4.90 Å². The monoisotopic (exact) mass is 346 g/mol. The number of hydrogen-bond acceptors (Lipinski definition) is 3. The van der Waals surface area contributed by atoms with E-state index in [-0.39, 0.29) is 23.5 Å². The molecule has 0 aliphatic carbocycles. The number of amides is 2. The Bertz CT molecular complexity index is 586. The molecule has 1 fully saturated rings. The lowest BCUT2D eigenvalue weighted by atomic mass is 9.83. The number of alkyl halides is 2. The van der Waals surface area contributed by atoms with Crippen LogP contribution in [0.25, 0.3) is 0 Å². The third kappa shape index (κ3) is 4.77. The van der Waals surface area contributed by atoms with Gasteiger partial charge in [0.2, 0.25) is 0 Å². The first-order chi connectivity index (χ1) is 11.3. The van der Waals surface area contributed by atoms with Crippen LogP contribution in [0.3, 0.4) is 0 Å². The number of likely N-dealkylation sites (tertiary alicyclic amines) is 1. The zero-order chi connectivity index (χ0) is 17.7. The van der Waals surface area contributed by atoms with Crippen molar-refractivity contribution >= 4 is 11.7 Å². The number of carbonyl (C=O) groups is 1. The van der Waals surface area contributed by atoms with Crippen molar-refractivity contribution in [1.82, 2.24) is 4.90 Å². The number of carbonyl (C=O) groups excluding carboxylic acids is 1. The van der Waals surface area contributed by atoms with E-state index in [2.05, 4.69) is 5.32 Å². The number of aliphatic hydroxyl groups is 1. The van der Waals surface area contributed by atoms with Crippen LogP contribution in [0.4, 0.5) is 23.7 Å². The van der Waals surface area contributed by atoms with Crippen LogP contribution in [0.15, 0.2) is 18.2 Å². The molecule has 2 rings (SSSR count). The number of rotatable bonds is 5. The Hall–Kier alpha value is -1.96. The Kier molecular flexibility index (Phi) is 5.93. The van der Waals surface area contributed by atoms with Gasteiger partial charge in [0.1, 0.15) is 18.2 Å². The predicted molar refractivity (Wildman–Crippen MR) is 82.9 cm³/mol. The van der Waals surface area contributed by atoms with Crippen LogP contribution in [0.2, 0.25) is 0 Å². The molecule has 1 heterocycles. The molecule has 0 bridgehead atoms. The molecule has 1 saturated heterocycles. The second-order valence-electron chi connectivity index (χ2n) is 6.27. The van der Waals surface area contributed by atoms with Crippen molar-refractivity contribution in [1.29, 1.82) is 0 Å². The Morgan fingerprint density at radius 1 is 1.50 bits per heavy atom. The molecule has 0 aromatic heterocycles. The highest BCUT2D eigenvalue weighted by molar-refractivity contribution is 5.91. The van der Waals surface area contributed by atoms with E-state index < -0.39 is 24.9 Å². The number of halogens is 3. The molecule has 134 valence electrons. The Labute approximate surface area is 138 Å². The average Bonchev–Trinajstić information content (AvgIpc) is 2.55. The maximum Gasteiger partial charge on any atom is 0.321 e. The van der Waals surface area contributed by atoms with Crippen molar-refractivity contribution in [2.75, 3.05) is 31.6 Å². The van der Waals surface area contributed by atoms with Crippen molar-refractivity contribution in [3.05, 3.63) is 24.0 Å². The lowest BCUT2D eigenvalue weighted by Gasteiger charge is -2.39. The van der Waals surface area contributed by atoms with Crippen LogP contribution in [0.5, 0.6) is 5.75 Å². The number of benzene rings is 1. The van der Waals surface area contributed by atoms with Crippen molar-refractivity contribution < 1.29 is 27.8 Å². The highest BCUT2D eigenvalue weighted by atomic mass is 19.3. The summed E-state index contributed by atoms with van der Waals surface area (Å²) < 4.78 is 42.7. The van der Waals surface area contributed by atoms with Gasteiger partial charge in [-0.2, -0.15) is 0 Å². The fourth-order valence-electron chi connectivity index (χ4n) is 2.68. The van der Waals surface area contributed by atoms with Crippen LogP contribution in [-0.2, 0) is 0 Å². The van der Waals surface area contributed by atoms with Crippen LogP contribution >= 0.6 is 0 Å². The number of aliphatic hydroxyl groups excluding tert-OH is 1. The van der Waals surface area contributed by atoms with E-state index in [1.165, 1.54) is 6.07 Å². The molecule has 1 aliphatic rings. The van der Waals surface area contributed by atoms with Crippen molar-refractivity contribution in [3.8, 4) is 5.75 Å². The molecule has 1 atom stereocenters. The van der Waals surface area contributed by atoms with E-state index in [0.717, 1.165) is 25.0 Å². The lowest BCUT2D eigenvalue weighted by molar-refractivity contribution is 0.0648. The zero-order valence-electron chi connectivity index (χ0n) is 13.4. The zero-order valence-corrected chi connectivity index (χ0v) is 13.4. The highest BCUT2D eigenvalue weighted by Crippen LogP contribution is 2.30. The van der Waals surface area contributed by atoms with Gasteiger partial charge in [-0.1, -0.05) is 6.92 Å². The minimum atomic E-state index is -2.70. The Balaban J connectivity index is 2.08. The fourth-order valence-corrected chi connectivity index (χ4v) is 2.68. The average molecular weight is 346 g/mol. The van der Waals surface area contributed by atoms with Gasteiger partial charge in [0, 0.05) is 24.6 Å². The molecule has 8 heteroatoms. The van der Waals surface area contributed by atoms with E-state index >= 15 is 0 Å². The van der Waals surface area contributed by atoms with E-state index in [4.69, 9.17) is 4.74 Å². The second kappa shape index (κ2) is 7.74. The molecule has 0 spiro atoms. The lowest BCUT2D eigenvalue weighted by Crippen LogP contribution is -2.48. The first kappa shape index (κ1) is 18.4. The van der Waals surface area contributed by atoms with Gasteiger partial charge in [0.15, 0.2) is 0 Å². The molecule has 1 aromatic carbocycles. The summed E-state index contributed by atoms with van der Waals surface area (Å²) in [6.45, 7) is 1.87. The van der Waals surface area contributed by atoms with Crippen LogP contribution < -0.4 is 10.1 Å². The highest BCUT2D eigenvalue weighted by Gasteiger charge is 2.32. The molecule has 0 radical (unpaired) electrons. The molecule has 2 N–H and O–H groups in total. The summed E-state index contributed by atoms with van der Waals surface area (Å²) >= 11 is 0. The maximum atomic E-state index is 13.3. The van der Waals surface area contributed by atoms with Crippen molar-refractivity contribution in [3.63, 3.8) is 0 Å². The summed E-state index contributed by atoms with van der Waals surface area (Å²) in [7, 11) is 0. The molecule has 5 nitrogen and oxygen atoms in total. The molecule has 1 aromatic rings. The molecule has 1 unspecified atom stereocenters. The van der Waals surface area contributed by atoms with E-state index in [1.807, 2.05) is 6.92 Å². The van der Waals surface area contributed by atoms with Crippen molar-refractivity contribution in [2.45, 2.75) is 26.2 Å². The second-order valence-corrected chi connectivity index (χ2v) is 6.27. The molecule has 0 saturated carbocycles. The fraction of sp³-hybridized carbons (Fsp3) is 0.562. The Morgan fingerprint density at radius 2 is 2.25 bits per heavy atom. The molecule has 24 heavy (non-hydrogen) atoms. The summed E-state index contributed by atoms with van der Waals surface area (Å²) in [5, 5.41) is 12.0. The first-order valence-electron chi connectivity index (χ1n) is 7.70. The van der Waals surface area contributed by atoms with Gasteiger partial charge in [-0.15, -0.1) is 0 Å². The van der Waals surface area contributed by atoms with Gasteiger partial charge in [0.25, 0.3) is 6.43 Å². The normalized spacial score (nSPS) is 21.0. The number of ether oxygens (including phenoxy) is 1. The van der Waals surface area contributed by atoms with Crippen LogP contribution in [0.1, 0.15) is 19.8 Å². The smallest absolute Gasteiger partial charge is 0.321 e. The third-order valence-corrected chi connectivity index (χ3v) is 4.00. The topological polar surface area (TPSA) is 61.8 Å². The van der Waals surface area contributed by atoms with Crippen molar-refractivity contribution in [2.24, 2.45) is 5.41 Å². The van der Waals surface area contributed by atoms with Crippen LogP contribution in [-0.4, -0.2) is 48.8 Å². The number of piperidine rings is 1. The van der Waals surface area contributed by atoms with Gasteiger partial charge < -0.3 is 20.1 Å². The molecule has 2 amide bonds. The van der Waals surface area contributed by atoms with E-state index in [0.29, 0.717) is 13.1 Å². The standard InChI is InChI=1S/C16H21F3N2O3/c1-16(10-22)5-2-6-21(9-16)15(23)20-12-4-3-11(17)7-13(12)24-8-14(18)19/h3-4,7,14,22H,2,5-6,8-10H2,1H3,(H,20,23). The maximum absolute atomic E-state index is 13.3. The van der Waals surface area contributed by atoms with E-state index in [9.17, 15) is 23.1 Å². The summed E-state index contributed by atoms with van der Waals surface area (Å²) in [5.41, 5.74) is -0.244. The number of nitrogens with one attached hydrogen (secondary N) is 1. The number of anilines is 1. The first-order valence-corrected chi connectivity index (χ1v) is 7.70. The minimum absolute atomic E-state index is 0.0317. The predicted octanol–water partition coefficient (Wildman–Crippen LogP) is 3.10. The number of nitrogens with zero attached hydrogens (tertiary/aromatic N) is 1. The van der Waals surface area contributed by atoms with Gasteiger partial charge in [0.05, 0.1) is 12.3 Å². The largest absolute Gasteiger partial charge is 0.485 e. The quantitative estimate of drug-likeness (QED) is 0.861. The Morgan fingerprint density at radius 3 is 2.92 bits per heavy atom. The summed E-state index contributed by atoms with van der Waals surface area (Å²) in [6, 6.07) is 2.89.